The standard InChI is InChI=1S/C22H22FN5O2/c1-28-6-2-3-16(22(28)30)20-26-18-9-14(23)8-17(19(18)27-20)21(29)25-15-5-4-12-10-24-11-13(12)7-15/h4-5,7-9,16,24H,2-3,6,10-11H2,1H3,(H,25,29)(H,26,27)/t16-/m1/s1. The van der Waals surface area contributed by atoms with E-state index in [1.165, 1.54) is 17.7 Å². The number of nitrogens with zero attached hydrogens (tertiary/aromatic N) is 2. The third kappa shape index (κ3) is 3.23. The lowest BCUT2D eigenvalue weighted by Gasteiger charge is -2.27. The van der Waals surface area contributed by atoms with Gasteiger partial charge < -0.3 is 20.5 Å². The van der Waals surface area contributed by atoms with Gasteiger partial charge in [-0.15, -0.1) is 0 Å². The predicted octanol–water partition coefficient (Wildman–Crippen LogP) is 2.89. The number of nitrogens with one attached hydrogen (secondary N) is 3. The van der Waals surface area contributed by atoms with E-state index in [4.69, 9.17) is 0 Å². The Morgan fingerprint density at radius 3 is 2.93 bits per heavy atom. The van der Waals surface area contributed by atoms with Crippen LogP contribution in [0, 0.1) is 5.82 Å². The van der Waals surface area contributed by atoms with E-state index in [1.54, 1.807) is 11.9 Å². The Morgan fingerprint density at radius 2 is 2.07 bits per heavy atom. The first-order chi connectivity index (χ1) is 14.5. The van der Waals surface area contributed by atoms with Crippen molar-refractivity contribution in [3.8, 4) is 0 Å². The molecular formula is C22H22FN5O2. The van der Waals surface area contributed by atoms with Crippen molar-refractivity contribution in [3.05, 3.63) is 58.7 Å². The number of H-pyrrole nitrogens is 1. The van der Waals surface area contributed by atoms with E-state index in [0.29, 0.717) is 35.5 Å². The lowest BCUT2D eigenvalue weighted by atomic mass is 9.97. The molecule has 0 saturated carbocycles. The number of rotatable bonds is 3. The summed E-state index contributed by atoms with van der Waals surface area (Å²) in [6.07, 6.45) is 1.55. The molecule has 2 aromatic carbocycles. The van der Waals surface area contributed by atoms with Crippen LogP contribution in [0.1, 0.15) is 46.1 Å². The number of benzene rings is 2. The number of carbonyl (C=O) groups excluding carboxylic acids is 2. The molecule has 1 atom stereocenters. The second-order valence-electron chi connectivity index (χ2n) is 7.97. The first kappa shape index (κ1) is 18.7. The molecule has 1 aromatic heterocycles. The highest BCUT2D eigenvalue weighted by atomic mass is 19.1. The molecule has 30 heavy (non-hydrogen) atoms. The van der Waals surface area contributed by atoms with Gasteiger partial charge in [-0.3, -0.25) is 9.59 Å². The molecular weight excluding hydrogens is 385 g/mol. The monoisotopic (exact) mass is 407 g/mol. The lowest BCUT2D eigenvalue weighted by molar-refractivity contribution is -0.133. The van der Waals surface area contributed by atoms with Crippen molar-refractivity contribution >= 4 is 28.5 Å². The van der Waals surface area contributed by atoms with E-state index in [2.05, 4.69) is 20.6 Å². The third-order valence-electron chi connectivity index (χ3n) is 5.90. The number of likely N-dealkylation sites (N-methyl/N-ethyl adjacent to an activating group) is 1. The average Bonchev–Trinajstić information content (AvgIpc) is 3.35. The Morgan fingerprint density at radius 1 is 1.23 bits per heavy atom. The number of aromatic nitrogens is 2. The Kier molecular flexibility index (Phi) is 4.51. The van der Waals surface area contributed by atoms with Crippen LogP contribution in [0.15, 0.2) is 30.3 Å². The van der Waals surface area contributed by atoms with Crippen molar-refractivity contribution in [2.75, 3.05) is 18.9 Å². The fraction of sp³-hybridized carbons (Fsp3) is 0.318. The number of fused-ring (bicyclic) bond motifs is 2. The molecule has 0 bridgehead atoms. The van der Waals surface area contributed by atoms with Crippen molar-refractivity contribution in [2.24, 2.45) is 0 Å². The Balaban J connectivity index is 1.48. The largest absolute Gasteiger partial charge is 0.345 e. The van der Waals surface area contributed by atoms with Crippen molar-refractivity contribution in [1.29, 1.82) is 0 Å². The molecule has 8 heteroatoms. The van der Waals surface area contributed by atoms with E-state index in [9.17, 15) is 14.0 Å². The number of amides is 2. The SMILES string of the molecule is CN1CCC[C@H](c2nc3c(C(=O)Nc4ccc5c(c4)CNC5)cc(F)cc3[nH]2)C1=O. The number of halogens is 1. The normalized spacial score (nSPS) is 18.7. The topological polar surface area (TPSA) is 90.1 Å². The Hall–Kier alpha value is -3.26. The summed E-state index contributed by atoms with van der Waals surface area (Å²) in [6, 6.07) is 8.24. The van der Waals surface area contributed by atoms with Crippen LogP contribution in [0.2, 0.25) is 0 Å². The number of aromatic amines is 1. The molecule has 7 nitrogen and oxygen atoms in total. The first-order valence-electron chi connectivity index (χ1n) is 10.1. The minimum absolute atomic E-state index is 0.0153. The molecule has 0 unspecified atom stereocenters. The summed E-state index contributed by atoms with van der Waals surface area (Å²) in [5.74, 6) is -0.911. The van der Waals surface area contributed by atoms with Gasteiger partial charge in [0.05, 0.1) is 17.0 Å². The van der Waals surface area contributed by atoms with Crippen LogP contribution >= 0.6 is 0 Å². The fourth-order valence-electron chi connectivity index (χ4n) is 4.30. The van der Waals surface area contributed by atoms with Crippen LogP contribution in [0.4, 0.5) is 10.1 Å². The minimum atomic E-state index is -0.534. The second kappa shape index (κ2) is 7.21. The quantitative estimate of drug-likeness (QED) is 0.623. The number of piperidine rings is 1. The Labute approximate surface area is 172 Å². The molecule has 154 valence electrons. The van der Waals surface area contributed by atoms with Crippen molar-refractivity contribution in [2.45, 2.75) is 31.8 Å². The zero-order chi connectivity index (χ0) is 20.8. The van der Waals surface area contributed by atoms with Gasteiger partial charge in [-0.2, -0.15) is 0 Å². The van der Waals surface area contributed by atoms with Crippen LogP contribution in [0.25, 0.3) is 11.0 Å². The first-order valence-corrected chi connectivity index (χ1v) is 10.1. The summed E-state index contributed by atoms with van der Waals surface area (Å²) in [5, 5.41) is 6.11. The minimum Gasteiger partial charge on any atom is -0.345 e. The van der Waals surface area contributed by atoms with Crippen LogP contribution < -0.4 is 10.6 Å². The molecule has 2 amide bonds. The molecule has 1 fully saturated rings. The van der Waals surface area contributed by atoms with E-state index >= 15 is 0 Å². The maximum atomic E-state index is 14.3. The molecule has 5 rings (SSSR count). The van der Waals surface area contributed by atoms with Crippen molar-refractivity contribution in [3.63, 3.8) is 0 Å². The second-order valence-corrected chi connectivity index (χ2v) is 7.97. The zero-order valence-electron chi connectivity index (χ0n) is 16.6. The van der Waals surface area contributed by atoms with Crippen molar-refractivity contribution in [1.82, 2.24) is 20.2 Å². The maximum Gasteiger partial charge on any atom is 0.258 e. The molecule has 2 aliphatic rings. The van der Waals surface area contributed by atoms with Crippen LogP contribution in [-0.2, 0) is 17.9 Å². The lowest BCUT2D eigenvalue weighted by Crippen LogP contribution is -2.37. The number of imidazole rings is 1. The van der Waals surface area contributed by atoms with Crippen molar-refractivity contribution < 1.29 is 14.0 Å². The molecule has 3 heterocycles. The van der Waals surface area contributed by atoms with Gasteiger partial charge in [0.25, 0.3) is 5.91 Å². The molecule has 2 aliphatic heterocycles. The number of likely N-dealkylation sites (tertiary alicyclic amines) is 1. The third-order valence-corrected chi connectivity index (χ3v) is 5.90. The summed E-state index contributed by atoms with van der Waals surface area (Å²) in [5.41, 5.74) is 3.92. The molecule has 0 radical (unpaired) electrons. The number of hydrogen-bond donors (Lipinski definition) is 3. The highest BCUT2D eigenvalue weighted by Crippen LogP contribution is 2.29. The molecule has 3 aromatic rings. The summed E-state index contributed by atoms with van der Waals surface area (Å²) in [7, 11) is 1.77. The predicted molar refractivity (Wildman–Crippen MR) is 111 cm³/mol. The van der Waals surface area contributed by atoms with Gasteiger partial charge in [-0.05, 0) is 48.2 Å². The molecule has 1 saturated heterocycles. The van der Waals surface area contributed by atoms with Gasteiger partial charge >= 0.3 is 0 Å². The number of hydrogen-bond acceptors (Lipinski definition) is 4. The highest BCUT2D eigenvalue weighted by molar-refractivity contribution is 6.11. The molecule has 0 aliphatic carbocycles. The number of anilines is 1. The van der Waals surface area contributed by atoms with Gasteiger partial charge in [-0.25, -0.2) is 9.37 Å². The van der Waals surface area contributed by atoms with E-state index in [0.717, 1.165) is 25.1 Å². The highest BCUT2D eigenvalue weighted by Gasteiger charge is 2.31. The van der Waals surface area contributed by atoms with Crippen LogP contribution in [0.3, 0.4) is 0 Å². The van der Waals surface area contributed by atoms with Gasteiger partial charge in [0.2, 0.25) is 5.91 Å². The molecule has 3 N–H and O–H groups in total. The van der Waals surface area contributed by atoms with E-state index in [1.807, 2.05) is 18.2 Å². The van der Waals surface area contributed by atoms with E-state index in [-0.39, 0.29) is 11.5 Å². The summed E-state index contributed by atoms with van der Waals surface area (Å²) >= 11 is 0. The molecule has 0 spiro atoms. The van der Waals surface area contributed by atoms with Gasteiger partial charge in [0.1, 0.15) is 17.2 Å². The summed E-state index contributed by atoms with van der Waals surface area (Å²) < 4.78 is 14.3. The fourth-order valence-corrected chi connectivity index (χ4v) is 4.30. The van der Waals surface area contributed by atoms with Gasteiger partial charge in [0, 0.05) is 32.4 Å². The average molecular weight is 407 g/mol. The van der Waals surface area contributed by atoms with Crippen LogP contribution in [0.5, 0.6) is 0 Å². The maximum absolute atomic E-state index is 14.3. The number of carbonyl (C=O) groups is 2. The smallest absolute Gasteiger partial charge is 0.258 e. The van der Waals surface area contributed by atoms with Gasteiger partial charge in [0.15, 0.2) is 0 Å². The summed E-state index contributed by atoms with van der Waals surface area (Å²) in [4.78, 5) is 34.8. The summed E-state index contributed by atoms with van der Waals surface area (Å²) in [6.45, 7) is 2.29. The van der Waals surface area contributed by atoms with E-state index < -0.39 is 17.6 Å². The van der Waals surface area contributed by atoms with Gasteiger partial charge in [-0.1, -0.05) is 6.07 Å². The zero-order valence-corrected chi connectivity index (χ0v) is 16.6. The Bertz CT molecular complexity index is 1170. The van der Waals surface area contributed by atoms with Crippen LogP contribution in [-0.4, -0.2) is 40.3 Å².